The van der Waals surface area contributed by atoms with Crippen molar-refractivity contribution < 1.29 is 18.7 Å². The number of nitrogens with one attached hydrogen (secondary N) is 2. The number of carbonyl (C=O) groups excluding carboxylic acids is 1. The van der Waals surface area contributed by atoms with Crippen molar-refractivity contribution in [1.29, 1.82) is 0 Å². The number of aryl methyl sites for hydroxylation is 1. The minimum Gasteiger partial charge on any atom is -0.387 e. The first kappa shape index (κ1) is 16.9. The largest absolute Gasteiger partial charge is 0.387 e. The molecule has 1 aromatic heterocycles. The van der Waals surface area contributed by atoms with Gasteiger partial charge in [-0.2, -0.15) is 0 Å². The van der Waals surface area contributed by atoms with E-state index in [9.17, 15) is 18.7 Å². The van der Waals surface area contributed by atoms with Crippen molar-refractivity contribution in [3.05, 3.63) is 54.1 Å². The van der Waals surface area contributed by atoms with Crippen molar-refractivity contribution in [2.24, 2.45) is 0 Å². The van der Waals surface area contributed by atoms with Crippen LogP contribution in [0.2, 0.25) is 0 Å². The van der Waals surface area contributed by atoms with Gasteiger partial charge in [-0.15, -0.1) is 0 Å². The van der Waals surface area contributed by atoms with E-state index in [-0.39, 0.29) is 12.1 Å². The molecule has 0 radical (unpaired) electrons. The maximum atomic E-state index is 13.1. The SMILES string of the molecule is O=C(NCCCn1ccnc1)NC[C@H](O)c1ccc(F)c(F)c1. The van der Waals surface area contributed by atoms with Crippen LogP contribution in [0.4, 0.5) is 13.6 Å². The first-order chi connectivity index (χ1) is 11.1. The van der Waals surface area contributed by atoms with E-state index in [0.29, 0.717) is 6.54 Å². The molecule has 23 heavy (non-hydrogen) atoms. The average Bonchev–Trinajstić information content (AvgIpc) is 3.05. The summed E-state index contributed by atoms with van der Waals surface area (Å²) in [5, 5.41) is 15.0. The summed E-state index contributed by atoms with van der Waals surface area (Å²) in [6, 6.07) is 2.68. The lowest BCUT2D eigenvalue weighted by Gasteiger charge is -2.13. The Morgan fingerprint density at radius 1 is 1.30 bits per heavy atom. The second-order valence-electron chi connectivity index (χ2n) is 4.98. The van der Waals surface area contributed by atoms with Crippen LogP contribution in [-0.4, -0.2) is 33.8 Å². The second-order valence-corrected chi connectivity index (χ2v) is 4.98. The lowest BCUT2D eigenvalue weighted by Crippen LogP contribution is -2.38. The number of halogens is 2. The van der Waals surface area contributed by atoms with E-state index < -0.39 is 23.8 Å². The van der Waals surface area contributed by atoms with Gasteiger partial charge in [-0.05, 0) is 24.1 Å². The molecule has 0 fully saturated rings. The third-order valence-electron chi connectivity index (χ3n) is 3.22. The number of carbonyl (C=O) groups is 1. The molecule has 0 unspecified atom stereocenters. The molecule has 0 spiro atoms. The fourth-order valence-electron chi connectivity index (χ4n) is 1.97. The highest BCUT2D eigenvalue weighted by Gasteiger charge is 2.12. The zero-order valence-electron chi connectivity index (χ0n) is 12.4. The zero-order valence-corrected chi connectivity index (χ0v) is 12.4. The quantitative estimate of drug-likeness (QED) is 0.677. The van der Waals surface area contributed by atoms with E-state index in [2.05, 4.69) is 15.6 Å². The van der Waals surface area contributed by atoms with Crippen LogP contribution in [-0.2, 0) is 6.54 Å². The highest BCUT2D eigenvalue weighted by atomic mass is 19.2. The number of aliphatic hydroxyl groups excluding tert-OH is 1. The molecular formula is C15H18F2N4O2. The van der Waals surface area contributed by atoms with Gasteiger partial charge >= 0.3 is 6.03 Å². The number of imidazole rings is 1. The molecule has 2 aromatic rings. The highest BCUT2D eigenvalue weighted by molar-refractivity contribution is 5.73. The Bertz CT molecular complexity index is 634. The summed E-state index contributed by atoms with van der Waals surface area (Å²) >= 11 is 0. The molecule has 0 aliphatic heterocycles. The molecule has 8 heteroatoms. The molecule has 1 heterocycles. The average molecular weight is 324 g/mol. The summed E-state index contributed by atoms with van der Waals surface area (Å²) in [6.45, 7) is 1.10. The van der Waals surface area contributed by atoms with Crippen LogP contribution in [0, 0.1) is 11.6 Å². The molecule has 3 N–H and O–H groups in total. The van der Waals surface area contributed by atoms with E-state index in [1.54, 1.807) is 12.5 Å². The normalized spacial score (nSPS) is 12.0. The molecule has 0 bridgehead atoms. The highest BCUT2D eigenvalue weighted by Crippen LogP contribution is 2.15. The van der Waals surface area contributed by atoms with Gasteiger partial charge in [0.1, 0.15) is 0 Å². The van der Waals surface area contributed by atoms with Crippen LogP contribution in [0.5, 0.6) is 0 Å². The molecule has 0 saturated carbocycles. The molecule has 2 rings (SSSR count). The number of nitrogens with zero attached hydrogens (tertiary/aromatic N) is 2. The molecule has 0 saturated heterocycles. The fraction of sp³-hybridized carbons (Fsp3) is 0.333. The van der Waals surface area contributed by atoms with Gasteiger partial charge in [0.2, 0.25) is 0 Å². The maximum Gasteiger partial charge on any atom is 0.314 e. The van der Waals surface area contributed by atoms with E-state index in [0.717, 1.165) is 25.1 Å². The lowest BCUT2D eigenvalue weighted by atomic mass is 10.1. The van der Waals surface area contributed by atoms with Crippen molar-refractivity contribution >= 4 is 6.03 Å². The van der Waals surface area contributed by atoms with Crippen LogP contribution in [0.15, 0.2) is 36.9 Å². The standard InChI is InChI=1S/C15H18F2N4O2/c16-12-3-2-11(8-13(12)17)14(22)9-20-15(23)19-4-1-6-21-7-5-18-10-21/h2-3,5,7-8,10,14,22H,1,4,6,9H2,(H2,19,20,23)/t14-/m0/s1. The Morgan fingerprint density at radius 3 is 2.83 bits per heavy atom. The van der Waals surface area contributed by atoms with Gasteiger partial charge in [-0.1, -0.05) is 6.07 Å². The molecule has 1 atom stereocenters. The number of hydrogen-bond acceptors (Lipinski definition) is 3. The Hall–Kier alpha value is -2.48. The van der Waals surface area contributed by atoms with Crippen LogP contribution in [0.3, 0.4) is 0 Å². The number of amides is 2. The van der Waals surface area contributed by atoms with Crippen LogP contribution in [0.25, 0.3) is 0 Å². The summed E-state index contributed by atoms with van der Waals surface area (Å²) in [6.07, 6.45) is 4.83. The summed E-state index contributed by atoms with van der Waals surface area (Å²) in [7, 11) is 0. The molecule has 124 valence electrons. The molecule has 0 aliphatic rings. The minimum atomic E-state index is -1.11. The Balaban J connectivity index is 1.66. The molecular weight excluding hydrogens is 306 g/mol. The number of aliphatic hydroxyl groups is 1. The maximum absolute atomic E-state index is 13.1. The van der Waals surface area contributed by atoms with E-state index in [4.69, 9.17) is 0 Å². The molecule has 0 aliphatic carbocycles. The molecule has 1 aromatic carbocycles. The number of aromatic nitrogens is 2. The van der Waals surface area contributed by atoms with Gasteiger partial charge < -0.3 is 20.3 Å². The first-order valence-corrected chi connectivity index (χ1v) is 7.16. The number of urea groups is 1. The summed E-state index contributed by atoms with van der Waals surface area (Å²) in [5.41, 5.74) is 0.198. The van der Waals surface area contributed by atoms with Crippen LogP contribution < -0.4 is 10.6 Å². The van der Waals surface area contributed by atoms with Crippen LogP contribution >= 0.6 is 0 Å². The first-order valence-electron chi connectivity index (χ1n) is 7.16. The number of hydrogen-bond donors (Lipinski definition) is 3. The lowest BCUT2D eigenvalue weighted by molar-refractivity contribution is 0.172. The Morgan fingerprint density at radius 2 is 2.13 bits per heavy atom. The third kappa shape index (κ3) is 5.33. The predicted molar refractivity (Wildman–Crippen MR) is 79.6 cm³/mol. The smallest absolute Gasteiger partial charge is 0.314 e. The Kier molecular flexibility index (Phi) is 6.04. The monoisotopic (exact) mass is 324 g/mol. The second kappa shape index (κ2) is 8.23. The van der Waals surface area contributed by atoms with E-state index in [1.807, 2.05) is 10.8 Å². The van der Waals surface area contributed by atoms with Gasteiger partial charge in [-0.3, -0.25) is 0 Å². The predicted octanol–water partition coefficient (Wildman–Crippen LogP) is 1.58. The van der Waals surface area contributed by atoms with Gasteiger partial charge in [-0.25, -0.2) is 18.6 Å². The molecule has 2 amide bonds. The number of rotatable bonds is 7. The van der Waals surface area contributed by atoms with Crippen molar-refractivity contribution in [1.82, 2.24) is 20.2 Å². The van der Waals surface area contributed by atoms with E-state index in [1.165, 1.54) is 6.07 Å². The fourth-order valence-corrected chi connectivity index (χ4v) is 1.97. The van der Waals surface area contributed by atoms with Gasteiger partial charge in [0.15, 0.2) is 11.6 Å². The van der Waals surface area contributed by atoms with Gasteiger partial charge in [0.05, 0.1) is 12.4 Å². The third-order valence-corrected chi connectivity index (χ3v) is 3.22. The van der Waals surface area contributed by atoms with E-state index >= 15 is 0 Å². The summed E-state index contributed by atoms with van der Waals surface area (Å²) in [5.74, 6) is -2.02. The summed E-state index contributed by atoms with van der Waals surface area (Å²) in [4.78, 5) is 15.5. The zero-order chi connectivity index (χ0) is 16.7. The summed E-state index contributed by atoms with van der Waals surface area (Å²) < 4.78 is 27.8. The minimum absolute atomic E-state index is 0.0988. The van der Waals surface area contributed by atoms with Crippen molar-refractivity contribution in [3.8, 4) is 0 Å². The van der Waals surface area contributed by atoms with Gasteiger partial charge in [0.25, 0.3) is 0 Å². The number of benzene rings is 1. The molecule has 6 nitrogen and oxygen atoms in total. The van der Waals surface area contributed by atoms with Crippen molar-refractivity contribution in [2.45, 2.75) is 19.1 Å². The van der Waals surface area contributed by atoms with Crippen LogP contribution in [0.1, 0.15) is 18.1 Å². The van der Waals surface area contributed by atoms with Crippen molar-refractivity contribution in [2.75, 3.05) is 13.1 Å². The van der Waals surface area contributed by atoms with Crippen molar-refractivity contribution in [3.63, 3.8) is 0 Å². The topological polar surface area (TPSA) is 79.2 Å². The Labute approximate surface area is 132 Å². The van der Waals surface area contributed by atoms with Gasteiger partial charge in [0, 0.05) is 32.0 Å².